The van der Waals surface area contributed by atoms with Crippen LogP contribution >= 0.6 is 15.9 Å². The topological polar surface area (TPSA) is 34.9 Å². The summed E-state index contributed by atoms with van der Waals surface area (Å²) in [6.07, 6.45) is 1.86. The molecule has 2 aromatic rings. The summed E-state index contributed by atoms with van der Waals surface area (Å²) in [5.41, 5.74) is 3.38. The van der Waals surface area contributed by atoms with Gasteiger partial charge in [0.25, 0.3) is 0 Å². The molecule has 2 rings (SSSR count). The third kappa shape index (κ3) is 2.70. The maximum absolute atomic E-state index is 11.4. The Hall–Kier alpha value is -1.42. The molecule has 0 aliphatic rings. The first-order valence-electron chi connectivity index (χ1n) is 6.72. The molecule has 0 aliphatic heterocycles. The van der Waals surface area contributed by atoms with E-state index in [0.717, 1.165) is 28.6 Å². The quantitative estimate of drug-likeness (QED) is 0.777. The van der Waals surface area contributed by atoms with Crippen molar-refractivity contribution < 1.29 is 4.79 Å². The van der Waals surface area contributed by atoms with E-state index < -0.39 is 0 Å². The summed E-state index contributed by atoms with van der Waals surface area (Å²) < 4.78 is 2.58. The van der Waals surface area contributed by atoms with Gasteiger partial charge in [0.2, 0.25) is 0 Å². The van der Waals surface area contributed by atoms with Crippen LogP contribution in [0.25, 0.3) is 11.3 Å². The van der Waals surface area contributed by atoms with Crippen LogP contribution in [-0.4, -0.2) is 16.1 Å². The van der Waals surface area contributed by atoms with Gasteiger partial charge in [0.15, 0.2) is 6.29 Å². The van der Waals surface area contributed by atoms with Crippen LogP contribution in [0.2, 0.25) is 0 Å². The van der Waals surface area contributed by atoms with E-state index in [1.165, 1.54) is 5.56 Å². The van der Waals surface area contributed by atoms with Gasteiger partial charge in [-0.2, -0.15) is 5.10 Å². The van der Waals surface area contributed by atoms with Crippen molar-refractivity contribution in [2.24, 2.45) is 0 Å². The molecule has 20 heavy (non-hydrogen) atoms. The van der Waals surface area contributed by atoms with Gasteiger partial charge < -0.3 is 0 Å². The third-order valence-electron chi connectivity index (χ3n) is 3.25. The highest BCUT2D eigenvalue weighted by molar-refractivity contribution is 9.10. The van der Waals surface area contributed by atoms with Crippen LogP contribution in [0.5, 0.6) is 0 Å². The molecule has 106 valence electrons. The van der Waals surface area contributed by atoms with E-state index in [9.17, 15) is 4.79 Å². The molecule has 0 radical (unpaired) electrons. The first-order chi connectivity index (χ1) is 9.38. The lowest BCUT2D eigenvalue weighted by Crippen LogP contribution is -2.23. The van der Waals surface area contributed by atoms with E-state index >= 15 is 0 Å². The Kier molecular flexibility index (Phi) is 4.14. The lowest BCUT2D eigenvalue weighted by Gasteiger charge is -2.20. The van der Waals surface area contributed by atoms with Crippen LogP contribution in [0.1, 0.15) is 43.6 Å². The van der Waals surface area contributed by atoms with Crippen molar-refractivity contribution >= 4 is 22.2 Å². The molecule has 0 N–H and O–H groups in total. The lowest BCUT2D eigenvalue weighted by atomic mass is 10.1. The van der Waals surface area contributed by atoms with Crippen LogP contribution in [-0.2, 0) is 12.0 Å². The summed E-state index contributed by atoms with van der Waals surface area (Å²) in [6.45, 7) is 8.30. The number of benzene rings is 1. The molecule has 0 bridgehead atoms. The maximum atomic E-state index is 11.4. The van der Waals surface area contributed by atoms with E-state index in [1.54, 1.807) is 0 Å². The zero-order valence-electron chi connectivity index (χ0n) is 12.3. The minimum atomic E-state index is -0.182. The highest BCUT2D eigenvalue weighted by Crippen LogP contribution is 2.31. The van der Waals surface area contributed by atoms with E-state index in [4.69, 9.17) is 0 Å². The van der Waals surface area contributed by atoms with E-state index in [0.29, 0.717) is 5.56 Å². The number of nitrogens with zero attached hydrogens (tertiary/aromatic N) is 2. The van der Waals surface area contributed by atoms with Gasteiger partial charge >= 0.3 is 0 Å². The zero-order valence-corrected chi connectivity index (χ0v) is 13.9. The molecule has 0 spiro atoms. The fourth-order valence-electron chi connectivity index (χ4n) is 2.07. The lowest BCUT2D eigenvalue weighted by molar-refractivity contribution is 0.112. The monoisotopic (exact) mass is 334 g/mol. The fraction of sp³-hybridized carbons (Fsp3) is 0.375. The Morgan fingerprint density at radius 3 is 2.30 bits per heavy atom. The summed E-state index contributed by atoms with van der Waals surface area (Å²) >= 11 is 3.49. The Morgan fingerprint density at radius 1 is 1.25 bits per heavy atom. The van der Waals surface area contributed by atoms with E-state index in [1.807, 2.05) is 16.8 Å². The Bertz CT molecular complexity index is 621. The molecule has 1 aromatic heterocycles. The SMILES string of the molecule is CCc1ccc(-c2nn(C(C)(C)C)c(Br)c2C=O)cc1. The van der Waals surface area contributed by atoms with Crippen LogP contribution in [0.15, 0.2) is 28.9 Å². The van der Waals surface area contributed by atoms with Gasteiger partial charge in [-0.1, -0.05) is 31.2 Å². The predicted molar refractivity (Wildman–Crippen MR) is 85.1 cm³/mol. The van der Waals surface area contributed by atoms with Crippen molar-refractivity contribution in [3.05, 3.63) is 40.0 Å². The van der Waals surface area contributed by atoms with Gasteiger partial charge in [0.1, 0.15) is 10.3 Å². The zero-order chi connectivity index (χ0) is 14.9. The number of hydrogen-bond donors (Lipinski definition) is 0. The molecule has 0 fully saturated rings. The van der Waals surface area contributed by atoms with Crippen molar-refractivity contribution in [3.8, 4) is 11.3 Å². The van der Waals surface area contributed by atoms with Crippen LogP contribution in [0, 0.1) is 0 Å². The van der Waals surface area contributed by atoms with Crippen LogP contribution < -0.4 is 0 Å². The summed E-state index contributed by atoms with van der Waals surface area (Å²) in [5.74, 6) is 0. The van der Waals surface area contributed by atoms with Gasteiger partial charge in [-0.05, 0) is 48.7 Å². The van der Waals surface area contributed by atoms with E-state index in [2.05, 4.69) is 60.9 Å². The van der Waals surface area contributed by atoms with Crippen LogP contribution in [0.3, 0.4) is 0 Å². The summed E-state index contributed by atoms with van der Waals surface area (Å²) in [5, 5.41) is 4.62. The predicted octanol–water partition coefficient (Wildman–Crippen LogP) is 4.44. The number of rotatable bonds is 3. The highest BCUT2D eigenvalue weighted by atomic mass is 79.9. The van der Waals surface area contributed by atoms with Gasteiger partial charge in [-0.25, -0.2) is 0 Å². The van der Waals surface area contributed by atoms with Gasteiger partial charge in [-0.3, -0.25) is 9.48 Å². The highest BCUT2D eigenvalue weighted by Gasteiger charge is 2.23. The summed E-state index contributed by atoms with van der Waals surface area (Å²) in [7, 11) is 0. The van der Waals surface area contributed by atoms with E-state index in [-0.39, 0.29) is 5.54 Å². The molecule has 0 amide bonds. The van der Waals surface area contributed by atoms with Gasteiger partial charge in [-0.15, -0.1) is 0 Å². The molecule has 3 nitrogen and oxygen atoms in total. The molecule has 4 heteroatoms. The van der Waals surface area contributed by atoms with Gasteiger partial charge in [0, 0.05) is 5.56 Å². The molecule has 0 aliphatic carbocycles. The largest absolute Gasteiger partial charge is 0.298 e. The van der Waals surface area contributed by atoms with Crippen molar-refractivity contribution in [2.45, 2.75) is 39.7 Å². The van der Waals surface area contributed by atoms with Crippen LogP contribution in [0.4, 0.5) is 0 Å². The average molecular weight is 335 g/mol. The maximum Gasteiger partial charge on any atom is 0.155 e. The Labute approximate surface area is 128 Å². The summed E-state index contributed by atoms with van der Waals surface area (Å²) in [4.78, 5) is 11.4. The second-order valence-electron chi connectivity index (χ2n) is 5.80. The normalized spacial score (nSPS) is 11.7. The fourth-order valence-corrected chi connectivity index (χ4v) is 2.96. The average Bonchev–Trinajstić information content (AvgIpc) is 2.75. The smallest absolute Gasteiger partial charge is 0.155 e. The first kappa shape index (κ1) is 15.0. The second-order valence-corrected chi connectivity index (χ2v) is 6.56. The minimum Gasteiger partial charge on any atom is -0.298 e. The first-order valence-corrected chi connectivity index (χ1v) is 7.51. The van der Waals surface area contributed by atoms with Crippen molar-refractivity contribution in [1.29, 1.82) is 0 Å². The van der Waals surface area contributed by atoms with Crippen molar-refractivity contribution in [2.75, 3.05) is 0 Å². The minimum absolute atomic E-state index is 0.182. The number of aryl methyl sites for hydroxylation is 1. The Morgan fingerprint density at radius 2 is 1.85 bits per heavy atom. The second kappa shape index (κ2) is 5.52. The molecular weight excluding hydrogens is 316 g/mol. The molecule has 0 unspecified atom stereocenters. The third-order valence-corrected chi connectivity index (χ3v) is 4.02. The summed E-state index contributed by atoms with van der Waals surface area (Å²) in [6, 6.07) is 8.20. The number of carbonyl (C=O) groups excluding carboxylic acids is 1. The molecule has 1 aromatic carbocycles. The molecule has 0 saturated heterocycles. The molecule has 1 heterocycles. The molecular formula is C16H19BrN2O. The number of aromatic nitrogens is 2. The number of halogens is 1. The number of carbonyl (C=O) groups is 1. The number of hydrogen-bond acceptors (Lipinski definition) is 2. The molecule has 0 saturated carbocycles. The number of aldehydes is 1. The van der Waals surface area contributed by atoms with Gasteiger partial charge in [0.05, 0.1) is 11.1 Å². The van der Waals surface area contributed by atoms with Crippen molar-refractivity contribution in [1.82, 2.24) is 9.78 Å². The molecule has 0 atom stereocenters. The van der Waals surface area contributed by atoms with Crippen molar-refractivity contribution in [3.63, 3.8) is 0 Å². The standard InChI is InChI=1S/C16H19BrN2O/c1-5-11-6-8-12(9-7-11)14-13(10-20)15(17)19(18-14)16(2,3)4/h6-10H,5H2,1-4H3. The Balaban J connectivity index is 2.58.